The molecule has 2 aromatic heterocycles. The van der Waals surface area contributed by atoms with Crippen LogP contribution in [0.2, 0.25) is 0 Å². The third-order valence-corrected chi connectivity index (χ3v) is 4.30. The number of hydrogen-bond acceptors (Lipinski definition) is 4. The molecule has 0 aliphatic carbocycles. The van der Waals surface area contributed by atoms with Gasteiger partial charge in [-0.05, 0) is 30.5 Å². The summed E-state index contributed by atoms with van der Waals surface area (Å²) < 4.78 is 7.10. The number of piperidine rings is 1. The molecule has 122 valence electrons. The van der Waals surface area contributed by atoms with E-state index in [2.05, 4.69) is 0 Å². The van der Waals surface area contributed by atoms with Gasteiger partial charge in [-0.2, -0.15) is 0 Å². The lowest BCUT2D eigenvalue weighted by atomic mass is 9.96. The second-order valence-corrected chi connectivity index (χ2v) is 6.02. The summed E-state index contributed by atoms with van der Waals surface area (Å²) in [6.07, 6.45) is 1.96. The number of rotatable bonds is 3. The molecule has 1 aliphatic heterocycles. The molecule has 2 unspecified atom stereocenters. The van der Waals surface area contributed by atoms with Crippen molar-refractivity contribution in [2.24, 2.45) is 5.92 Å². The lowest BCUT2D eigenvalue weighted by molar-refractivity contribution is 0.0230. The fraction of sp³-hybridized carbons (Fsp3) is 0.412. The van der Waals surface area contributed by atoms with E-state index in [0.717, 1.165) is 6.42 Å². The molecule has 3 heterocycles. The van der Waals surface area contributed by atoms with Gasteiger partial charge in [-0.3, -0.25) is 9.59 Å². The summed E-state index contributed by atoms with van der Waals surface area (Å²) in [6.45, 7) is 3.21. The topological polar surface area (TPSA) is 75.7 Å². The van der Waals surface area contributed by atoms with Crippen LogP contribution in [0.25, 0.3) is 0 Å². The molecular weight excluding hydrogens is 296 g/mol. The summed E-state index contributed by atoms with van der Waals surface area (Å²) in [6, 6.07) is 8.25. The molecule has 1 N–H and O–H groups in total. The number of carbonyl (C=O) groups is 1. The fourth-order valence-electron chi connectivity index (χ4n) is 2.73. The summed E-state index contributed by atoms with van der Waals surface area (Å²) in [5, 5.41) is 9.91. The Morgan fingerprint density at radius 1 is 1.35 bits per heavy atom. The van der Waals surface area contributed by atoms with Gasteiger partial charge in [0.1, 0.15) is 5.76 Å². The number of amides is 1. The minimum atomic E-state index is -0.495. The number of pyridine rings is 1. The van der Waals surface area contributed by atoms with E-state index >= 15 is 0 Å². The van der Waals surface area contributed by atoms with E-state index in [9.17, 15) is 14.7 Å². The number of aliphatic hydroxyl groups excluding tert-OH is 1. The Morgan fingerprint density at radius 2 is 2.17 bits per heavy atom. The number of furan rings is 1. The summed E-state index contributed by atoms with van der Waals surface area (Å²) in [7, 11) is 0. The Morgan fingerprint density at radius 3 is 2.91 bits per heavy atom. The minimum absolute atomic E-state index is 0.120. The van der Waals surface area contributed by atoms with Crippen LogP contribution in [0, 0.1) is 5.92 Å². The highest BCUT2D eigenvalue weighted by atomic mass is 16.4. The molecule has 3 rings (SSSR count). The van der Waals surface area contributed by atoms with E-state index < -0.39 is 6.10 Å². The Bertz CT molecular complexity index is 749. The van der Waals surface area contributed by atoms with Gasteiger partial charge in [0.05, 0.1) is 12.6 Å². The van der Waals surface area contributed by atoms with Gasteiger partial charge in [0.15, 0.2) is 5.76 Å². The number of carbonyl (C=O) groups excluding carboxylic acids is 1. The maximum atomic E-state index is 12.4. The van der Waals surface area contributed by atoms with Crippen LogP contribution in [-0.4, -0.2) is 39.7 Å². The molecule has 0 spiro atoms. The molecule has 1 fully saturated rings. The number of aliphatic hydroxyl groups is 1. The molecule has 23 heavy (non-hydrogen) atoms. The van der Waals surface area contributed by atoms with Crippen LogP contribution >= 0.6 is 0 Å². The molecule has 2 atom stereocenters. The van der Waals surface area contributed by atoms with E-state index in [0.29, 0.717) is 18.8 Å². The molecule has 0 radical (unpaired) electrons. The highest BCUT2D eigenvalue weighted by Crippen LogP contribution is 2.20. The third-order valence-electron chi connectivity index (χ3n) is 4.30. The molecule has 6 nitrogen and oxygen atoms in total. The zero-order valence-corrected chi connectivity index (χ0v) is 13.0. The van der Waals surface area contributed by atoms with Crippen molar-refractivity contribution in [1.29, 1.82) is 0 Å². The Balaban J connectivity index is 1.70. The smallest absolute Gasteiger partial charge is 0.289 e. The fourth-order valence-corrected chi connectivity index (χ4v) is 2.73. The predicted molar refractivity (Wildman–Crippen MR) is 84.2 cm³/mol. The number of likely N-dealkylation sites (tertiary alicyclic amines) is 1. The first-order chi connectivity index (χ1) is 11.0. The van der Waals surface area contributed by atoms with Crippen LogP contribution < -0.4 is 5.56 Å². The average Bonchev–Trinajstić information content (AvgIpc) is 3.00. The van der Waals surface area contributed by atoms with Crippen LogP contribution in [0.3, 0.4) is 0 Å². The zero-order chi connectivity index (χ0) is 16.4. The zero-order valence-electron chi connectivity index (χ0n) is 13.0. The first-order valence-electron chi connectivity index (χ1n) is 7.76. The van der Waals surface area contributed by atoms with Crippen molar-refractivity contribution in [3.63, 3.8) is 0 Å². The molecule has 1 aliphatic rings. The van der Waals surface area contributed by atoms with Gasteiger partial charge < -0.3 is 19.0 Å². The maximum absolute atomic E-state index is 12.4. The normalized spacial score (nSPS) is 21.4. The van der Waals surface area contributed by atoms with Gasteiger partial charge >= 0.3 is 0 Å². The van der Waals surface area contributed by atoms with Gasteiger partial charge in [-0.15, -0.1) is 0 Å². The molecule has 6 heteroatoms. The molecule has 0 bridgehead atoms. The molecule has 2 aromatic rings. The first-order valence-corrected chi connectivity index (χ1v) is 7.76. The highest BCUT2D eigenvalue weighted by molar-refractivity contribution is 5.91. The molecule has 1 saturated heterocycles. The average molecular weight is 316 g/mol. The van der Waals surface area contributed by atoms with Crippen LogP contribution in [-0.2, 0) is 6.54 Å². The quantitative estimate of drug-likeness (QED) is 0.927. The van der Waals surface area contributed by atoms with Crippen molar-refractivity contribution in [1.82, 2.24) is 9.47 Å². The summed E-state index contributed by atoms with van der Waals surface area (Å²) >= 11 is 0. The molecule has 0 saturated carbocycles. The third kappa shape index (κ3) is 3.37. The minimum Gasteiger partial charge on any atom is -0.454 e. The lowest BCUT2D eigenvalue weighted by Gasteiger charge is -2.33. The van der Waals surface area contributed by atoms with E-state index in [-0.39, 0.29) is 29.7 Å². The van der Waals surface area contributed by atoms with Gasteiger partial charge in [0.2, 0.25) is 0 Å². The lowest BCUT2D eigenvalue weighted by Crippen LogP contribution is -2.45. The molecular formula is C17H20N2O4. The molecule has 0 aromatic carbocycles. The van der Waals surface area contributed by atoms with E-state index in [1.807, 2.05) is 6.92 Å². The predicted octanol–water partition coefficient (Wildman–Crippen LogP) is 1.33. The van der Waals surface area contributed by atoms with Crippen LogP contribution in [0.5, 0.6) is 0 Å². The maximum Gasteiger partial charge on any atom is 0.289 e. The van der Waals surface area contributed by atoms with Crippen molar-refractivity contribution < 1.29 is 14.3 Å². The van der Waals surface area contributed by atoms with Gasteiger partial charge in [-0.1, -0.05) is 13.0 Å². The summed E-state index contributed by atoms with van der Waals surface area (Å²) in [4.78, 5) is 25.7. The SMILES string of the molecule is CC1CCN(C(=O)c2ccc(Cn3ccccc3=O)o2)CC1O. The van der Waals surface area contributed by atoms with Crippen molar-refractivity contribution in [3.05, 3.63) is 58.4 Å². The number of aromatic nitrogens is 1. The second-order valence-electron chi connectivity index (χ2n) is 6.02. The molecule has 1 amide bonds. The Hall–Kier alpha value is -2.34. The summed E-state index contributed by atoms with van der Waals surface area (Å²) in [5.74, 6) is 0.775. The summed E-state index contributed by atoms with van der Waals surface area (Å²) in [5.41, 5.74) is -0.120. The number of nitrogens with zero attached hydrogens (tertiary/aromatic N) is 2. The van der Waals surface area contributed by atoms with Gasteiger partial charge in [0, 0.05) is 25.4 Å². The Kier molecular flexibility index (Phi) is 4.34. The van der Waals surface area contributed by atoms with Crippen molar-refractivity contribution >= 4 is 5.91 Å². The van der Waals surface area contributed by atoms with Crippen LogP contribution in [0.15, 0.2) is 45.7 Å². The number of hydrogen-bond donors (Lipinski definition) is 1. The largest absolute Gasteiger partial charge is 0.454 e. The van der Waals surface area contributed by atoms with Crippen molar-refractivity contribution in [2.75, 3.05) is 13.1 Å². The van der Waals surface area contributed by atoms with E-state index in [1.165, 1.54) is 10.6 Å². The van der Waals surface area contributed by atoms with Crippen LogP contribution in [0.1, 0.15) is 29.7 Å². The van der Waals surface area contributed by atoms with Gasteiger partial charge in [0.25, 0.3) is 11.5 Å². The monoisotopic (exact) mass is 316 g/mol. The standard InChI is InChI=1S/C17H20N2O4/c1-12-7-9-19(11-14(12)20)17(22)15-6-5-13(23-15)10-18-8-3-2-4-16(18)21/h2-6,8,12,14,20H,7,9-11H2,1H3. The van der Waals surface area contributed by atoms with E-state index in [1.54, 1.807) is 35.4 Å². The Labute approximate surface area is 134 Å². The van der Waals surface area contributed by atoms with Crippen molar-refractivity contribution in [2.45, 2.75) is 26.0 Å². The highest BCUT2D eigenvalue weighted by Gasteiger charge is 2.29. The van der Waals surface area contributed by atoms with Crippen LogP contribution in [0.4, 0.5) is 0 Å². The van der Waals surface area contributed by atoms with Gasteiger partial charge in [-0.25, -0.2) is 0 Å². The second kappa shape index (κ2) is 6.42. The first kappa shape index (κ1) is 15.6. The van der Waals surface area contributed by atoms with E-state index in [4.69, 9.17) is 4.42 Å². The van der Waals surface area contributed by atoms with Crippen molar-refractivity contribution in [3.8, 4) is 0 Å². The number of β-amino-alcohol motifs (C(OH)–C–C–N with tert-alkyl or cyclic N) is 1.